The number of carboxylic acid groups (broad SMARTS) is 1. The molecule has 0 aliphatic rings. The number of halogens is 3. The third-order valence-electron chi connectivity index (χ3n) is 4.23. The van der Waals surface area contributed by atoms with Crippen molar-refractivity contribution in [2.45, 2.75) is 26.9 Å². The molecule has 1 amide bonds. The molecule has 0 bridgehead atoms. The van der Waals surface area contributed by atoms with Crippen molar-refractivity contribution in [1.29, 1.82) is 0 Å². The van der Waals surface area contributed by atoms with Gasteiger partial charge in [-0.15, -0.1) is 0 Å². The number of hydrogen-bond donors (Lipinski definition) is 2. The van der Waals surface area contributed by atoms with Crippen molar-refractivity contribution in [1.82, 2.24) is 19.3 Å². The number of carboxylic acids is 1. The SMILES string of the molecule is COn1cnc(C)c1C(=O)Nc1ccc(-n2cnc(C)c2C)cc1.O=C(O)C(F)(F)F. The smallest absolute Gasteiger partial charge is 0.475 e. The van der Waals surface area contributed by atoms with Gasteiger partial charge in [0, 0.05) is 17.1 Å². The Balaban J connectivity index is 0.000000423. The van der Waals surface area contributed by atoms with Crippen LogP contribution in [0.3, 0.4) is 0 Å². The lowest BCUT2D eigenvalue weighted by Gasteiger charge is -2.10. The van der Waals surface area contributed by atoms with E-state index in [2.05, 4.69) is 15.3 Å². The fourth-order valence-corrected chi connectivity index (χ4v) is 2.47. The summed E-state index contributed by atoms with van der Waals surface area (Å²) in [5.74, 6) is -3.03. The normalized spacial score (nSPS) is 10.8. The number of nitrogens with zero attached hydrogens (tertiary/aromatic N) is 4. The zero-order valence-electron chi connectivity index (χ0n) is 17.1. The molecule has 166 valence electrons. The first-order valence-electron chi connectivity index (χ1n) is 8.76. The van der Waals surface area contributed by atoms with E-state index in [-0.39, 0.29) is 5.91 Å². The maximum atomic E-state index is 12.4. The number of aryl methyl sites for hydroxylation is 2. The molecular formula is C19H20F3N5O4. The molecule has 2 heterocycles. The predicted molar refractivity (Wildman–Crippen MR) is 104 cm³/mol. The van der Waals surface area contributed by atoms with Crippen LogP contribution in [0.25, 0.3) is 5.69 Å². The van der Waals surface area contributed by atoms with Crippen molar-refractivity contribution < 1.29 is 32.7 Å². The van der Waals surface area contributed by atoms with E-state index < -0.39 is 12.1 Å². The summed E-state index contributed by atoms with van der Waals surface area (Å²) >= 11 is 0. The molecule has 12 heteroatoms. The van der Waals surface area contributed by atoms with Gasteiger partial charge in [-0.3, -0.25) is 4.79 Å². The number of hydrogen-bond acceptors (Lipinski definition) is 5. The number of aliphatic carboxylic acids is 1. The zero-order valence-corrected chi connectivity index (χ0v) is 17.1. The molecule has 0 aliphatic carbocycles. The van der Waals surface area contributed by atoms with Gasteiger partial charge in [0.15, 0.2) is 5.69 Å². The second-order valence-corrected chi connectivity index (χ2v) is 6.28. The minimum Gasteiger partial charge on any atom is -0.475 e. The molecule has 0 fully saturated rings. The summed E-state index contributed by atoms with van der Waals surface area (Å²) in [5, 5.41) is 9.98. The van der Waals surface area contributed by atoms with E-state index in [1.54, 1.807) is 13.3 Å². The summed E-state index contributed by atoms with van der Waals surface area (Å²) in [4.78, 5) is 34.8. The number of amides is 1. The summed E-state index contributed by atoms with van der Waals surface area (Å²) in [6.45, 7) is 5.76. The van der Waals surface area contributed by atoms with Gasteiger partial charge in [0.1, 0.15) is 13.4 Å². The quantitative estimate of drug-likeness (QED) is 0.647. The van der Waals surface area contributed by atoms with E-state index in [1.807, 2.05) is 42.7 Å². The van der Waals surface area contributed by atoms with Gasteiger partial charge < -0.3 is 19.8 Å². The second-order valence-electron chi connectivity index (χ2n) is 6.28. The second kappa shape index (κ2) is 9.32. The van der Waals surface area contributed by atoms with Crippen molar-refractivity contribution in [3.05, 3.63) is 59.7 Å². The number of carbonyl (C=O) groups is 2. The fourth-order valence-electron chi connectivity index (χ4n) is 2.47. The zero-order chi connectivity index (χ0) is 23.3. The molecule has 0 spiro atoms. The Kier molecular flexibility index (Phi) is 7.05. The van der Waals surface area contributed by atoms with Gasteiger partial charge >= 0.3 is 12.1 Å². The summed E-state index contributed by atoms with van der Waals surface area (Å²) in [6, 6.07) is 7.57. The maximum absolute atomic E-state index is 12.4. The largest absolute Gasteiger partial charge is 0.490 e. The lowest BCUT2D eigenvalue weighted by molar-refractivity contribution is -0.192. The van der Waals surface area contributed by atoms with Crippen LogP contribution < -0.4 is 10.2 Å². The first-order valence-corrected chi connectivity index (χ1v) is 8.76. The topological polar surface area (TPSA) is 111 Å². The van der Waals surface area contributed by atoms with Crippen LogP contribution in [-0.4, -0.2) is 49.5 Å². The van der Waals surface area contributed by atoms with Gasteiger partial charge in [-0.2, -0.15) is 17.9 Å². The van der Waals surface area contributed by atoms with Gasteiger partial charge in [-0.1, -0.05) is 0 Å². The van der Waals surface area contributed by atoms with Crippen LogP contribution in [-0.2, 0) is 4.79 Å². The van der Waals surface area contributed by atoms with Crippen molar-refractivity contribution in [2.24, 2.45) is 0 Å². The number of nitrogens with one attached hydrogen (secondary N) is 1. The molecule has 0 aliphatic heterocycles. The molecule has 9 nitrogen and oxygen atoms in total. The molecule has 3 aromatic rings. The molecule has 3 rings (SSSR count). The average Bonchev–Trinajstić information content (AvgIpc) is 3.24. The molecule has 0 saturated carbocycles. The molecule has 2 aromatic heterocycles. The lowest BCUT2D eigenvalue weighted by atomic mass is 10.2. The van der Waals surface area contributed by atoms with Crippen LogP contribution in [0, 0.1) is 20.8 Å². The number of alkyl halides is 3. The third-order valence-corrected chi connectivity index (χ3v) is 4.23. The highest BCUT2D eigenvalue weighted by molar-refractivity contribution is 6.03. The number of carbonyl (C=O) groups excluding carboxylic acids is 1. The van der Waals surface area contributed by atoms with Crippen molar-refractivity contribution in [3.8, 4) is 5.69 Å². The highest BCUT2D eigenvalue weighted by atomic mass is 19.4. The van der Waals surface area contributed by atoms with Crippen LogP contribution >= 0.6 is 0 Å². The summed E-state index contributed by atoms with van der Waals surface area (Å²) < 4.78 is 35.1. The Morgan fingerprint density at radius 2 is 1.58 bits per heavy atom. The third kappa shape index (κ3) is 5.62. The number of imidazole rings is 2. The van der Waals surface area contributed by atoms with Gasteiger partial charge in [-0.05, 0) is 45.0 Å². The number of anilines is 1. The molecule has 1 aromatic carbocycles. The van der Waals surface area contributed by atoms with E-state index in [0.717, 1.165) is 17.1 Å². The van der Waals surface area contributed by atoms with Crippen molar-refractivity contribution in [2.75, 3.05) is 12.4 Å². The molecule has 0 radical (unpaired) electrons. The van der Waals surface area contributed by atoms with Crippen LogP contribution in [0.1, 0.15) is 27.6 Å². The Morgan fingerprint density at radius 3 is 2.03 bits per heavy atom. The van der Waals surface area contributed by atoms with E-state index in [4.69, 9.17) is 14.7 Å². The van der Waals surface area contributed by atoms with Crippen LogP contribution in [0.5, 0.6) is 0 Å². The van der Waals surface area contributed by atoms with E-state index >= 15 is 0 Å². The van der Waals surface area contributed by atoms with E-state index in [0.29, 0.717) is 17.1 Å². The number of aromatic nitrogens is 4. The Bertz CT molecular complexity index is 1070. The number of rotatable bonds is 4. The standard InChI is InChI=1S/C17H19N5O2.C2HF3O2/c1-11-13(3)21(9-18-11)15-7-5-14(6-8-15)20-17(23)16-12(2)19-10-22(16)24-4;3-2(4,5)1(6)7/h5-10H,1-4H3,(H,20,23);(H,6,7). The predicted octanol–water partition coefficient (Wildman–Crippen LogP) is 2.94. The molecular weight excluding hydrogens is 419 g/mol. The Hall–Kier alpha value is -3.83. The maximum Gasteiger partial charge on any atom is 0.490 e. The monoisotopic (exact) mass is 439 g/mol. The van der Waals surface area contributed by atoms with Crippen molar-refractivity contribution in [3.63, 3.8) is 0 Å². The van der Waals surface area contributed by atoms with Crippen LogP contribution in [0.15, 0.2) is 36.9 Å². The molecule has 31 heavy (non-hydrogen) atoms. The minimum atomic E-state index is -5.08. The summed E-state index contributed by atoms with van der Waals surface area (Å²) in [6.07, 6.45) is -1.82. The molecule has 0 unspecified atom stereocenters. The number of benzene rings is 1. The highest BCUT2D eigenvalue weighted by Crippen LogP contribution is 2.18. The van der Waals surface area contributed by atoms with Gasteiger partial charge in [-0.25, -0.2) is 14.8 Å². The first-order chi connectivity index (χ1) is 14.5. The van der Waals surface area contributed by atoms with Crippen LogP contribution in [0.4, 0.5) is 18.9 Å². The lowest BCUT2D eigenvalue weighted by Crippen LogP contribution is -2.21. The Morgan fingerprint density at radius 1 is 1.03 bits per heavy atom. The highest BCUT2D eigenvalue weighted by Gasteiger charge is 2.38. The van der Waals surface area contributed by atoms with Gasteiger partial charge in [0.2, 0.25) is 0 Å². The van der Waals surface area contributed by atoms with Crippen molar-refractivity contribution >= 4 is 17.6 Å². The van der Waals surface area contributed by atoms with Gasteiger partial charge in [0.25, 0.3) is 5.91 Å². The van der Waals surface area contributed by atoms with Gasteiger partial charge in [0.05, 0.1) is 17.7 Å². The summed E-state index contributed by atoms with van der Waals surface area (Å²) in [7, 11) is 1.49. The molecule has 2 N–H and O–H groups in total. The van der Waals surface area contributed by atoms with Crippen LogP contribution in [0.2, 0.25) is 0 Å². The molecule has 0 atom stereocenters. The fraction of sp³-hybridized carbons (Fsp3) is 0.263. The van der Waals surface area contributed by atoms with E-state index in [9.17, 15) is 18.0 Å². The summed E-state index contributed by atoms with van der Waals surface area (Å²) in [5.41, 5.74) is 4.76. The Labute approximate surface area is 175 Å². The minimum absolute atomic E-state index is 0.269. The van der Waals surface area contributed by atoms with E-state index in [1.165, 1.54) is 18.2 Å². The first kappa shape index (κ1) is 23.4. The average molecular weight is 439 g/mol. The molecule has 0 saturated heterocycles.